The van der Waals surface area contributed by atoms with Gasteiger partial charge in [0.2, 0.25) is 0 Å². The van der Waals surface area contributed by atoms with E-state index in [1.165, 1.54) is 31.3 Å². The second-order valence-corrected chi connectivity index (χ2v) is 6.73. The minimum atomic E-state index is -0.378. The van der Waals surface area contributed by atoms with Crippen LogP contribution in [0.5, 0.6) is 5.75 Å². The van der Waals surface area contributed by atoms with Crippen molar-refractivity contribution in [2.45, 2.75) is 58.5 Å². The molecule has 1 atom stereocenters. The summed E-state index contributed by atoms with van der Waals surface area (Å²) in [6.07, 6.45) is 13.4. The third kappa shape index (κ3) is 7.47. The van der Waals surface area contributed by atoms with Crippen LogP contribution in [-0.2, 0) is 4.74 Å². The Morgan fingerprint density at radius 3 is 2.67 bits per heavy atom. The largest absolute Gasteiger partial charge is 0.505 e. The molecular formula is C22H29FN2O2. The molecule has 0 spiro atoms. The number of aromatic nitrogens is 2. The van der Waals surface area contributed by atoms with Crippen LogP contribution >= 0.6 is 0 Å². The summed E-state index contributed by atoms with van der Waals surface area (Å²) in [5.74, 6) is -0.162. The van der Waals surface area contributed by atoms with Crippen molar-refractivity contribution in [3.63, 3.8) is 0 Å². The van der Waals surface area contributed by atoms with E-state index < -0.39 is 0 Å². The van der Waals surface area contributed by atoms with Crippen molar-refractivity contribution >= 4 is 6.08 Å². The average molecular weight is 372 g/mol. The lowest BCUT2D eigenvalue weighted by Gasteiger charge is -2.12. The number of hydrogen-bond acceptors (Lipinski definition) is 4. The van der Waals surface area contributed by atoms with Gasteiger partial charge >= 0.3 is 0 Å². The monoisotopic (exact) mass is 372 g/mol. The second kappa shape index (κ2) is 11.4. The summed E-state index contributed by atoms with van der Waals surface area (Å²) in [7, 11) is 0. The molecule has 0 radical (unpaired) electrons. The van der Waals surface area contributed by atoms with Crippen molar-refractivity contribution < 1.29 is 14.2 Å². The van der Waals surface area contributed by atoms with Crippen LogP contribution in [0.15, 0.2) is 36.7 Å². The van der Waals surface area contributed by atoms with Gasteiger partial charge in [-0.25, -0.2) is 14.4 Å². The van der Waals surface area contributed by atoms with Gasteiger partial charge < -0.3 is 9.84 Å². The first-order valence-corrected chi connectivity index (χ1v) is 9.69. The molecule has 0 aliphatic rings. The standard InChI is InChI=1S/C22H29FN2O2/c1-3-4-8-13-27-17(2)9-6-5-7-10-18-11-12-20(21(23)14-18)22-24-15-19(26)16-25-22/h7,10-12,14-17,26H,3-6,8-9,13H2,1-2H3. The highest BCUT2D eigenvalue weighted by atomic mass is 19.1. The van der Waals surface area contributed by atoms with E-state index in [0.717, 1.165) is 37.9 Å². The van der Waals surface area contributed by atoms with Crippen molar-refractivity contribution in [2.75, 3.05) is 6.61 Å². The maximum Gasteiger partial charge on any atom is 0.162 e. The quantitative estimate of drug-likeness (QED) is 0.509. The molecule has 2 aromatic rings. The van der Waals surface area contributed by atoms with Gasteiger partial charge in [-0.2, -0.15) is 0 Å². The van der Waals surface area contributed by atoms with E-state index in [2.05, 4.69) is 29.9 Å². The first-order chi connectivity index (χ1) is 13.1. The summed E-state index contributed by atoms with van der Waals surface area (Å²) >= 11 is 0. The maximum absolute atomic E-state index is 14.3. The normalized spacial score (nSPS) is 12.6. The Bertz CT molecular complexity index is 717. The van der Waals surface area contributed by atoms with E-state index >= 15 is 0 Å². The van der Waals surface area contributed by atoms with Gasteiger partial charge in [-0.3, -0.25) is 0 Å². The number of benzene rings is 1. The molecule has 0 amide bonds. The predicted molar refractivity (Wildman–Crippen MR) is 107 cm³/mol. The maximum atomic E-state index is 14.3. The number of aromatic hydroxyl groups is 1. The van der Waals surface area contributed by atoms with E-state index in [0.29, 0.717) is 5.56 Å². The van der Waals surface area contributed by atoms with Gasteiger partial charge in [-0.15, -0.1) is 0 Å². The smallest absolute Gasteiger partial charge is 0.162 e. The lowest BCUT2D eigenvalue weighted by atomic mass is 10.1. The van der Waals surface area contributed by atoms with Gasteiger partial charge in [0.05, 0.1) is 24.1 Å². The molecule has 1 heterocycles. The number of rotatable bonds is 11. The van der Waals surface area contributed by atoms with Gasteiger partial charge in [0, 0.05) is 6.61 Å². The van der Waals surface area contributed by atoms with Crippen LogP contribution in [0.3, 0.4) is 0 Å². The Hall–Kier alpha value is -2.27. The number of allylic oxidation sites excluding steroid dienone is 1. The predicted octanol–water partition coefficient (Wildman–Crippen LogP) is 5.77. The summed E-state index contributed by atoms with van der Waals surface area (Å²) in [5, 5.41) is 9.22. The summed E-state index contributed by atoms with van der Waals surface area (Å²) in [5.41, 5.74) is 1.13. The van der Waals surface area contributed by atoms with Gasteiger partial charge in [-0.1, -0.05) is 38.0 Å². The fourth-order valence-electron chi connectivity index (χ4n) is 2.74. The second-order valence-electron chi connectivity index (χ2n) is 6.73. The molecule has 0 saturated carbocycles. The highest BCUT2D eigenvalue weighted by Crippen LogP contribution is 2.21. The first kappa shape index (κ1) is 21.0. The van der Waals surface area contributed by atoms with Crippen LogP contribution in [0, 0.1) is 5.82 Å². The molecule has 2 rings (SSSR count). The molecule has 0 fully saturated rings. The molecule has 4 nitrogen and oxygen atoms in total. The van der Waals surface area contributed by atoms with Crippen LogP contribution < -0.4 is 0 Å². The highest BCUT2D eigenvalue weighted by molar-refractivity contribution is 5.60. The summed E-state index contributed by atoms with van der Waals surface area (Å²) < 4.78 is 20.1. The minimum Gasteiger partial charge on any atom is -0.505 e. The Balaban J connectivity index is 1.77. The SMILES string of the molecule is CCCCCOC(C)CCCC=Cc1ccc(-c2ncc(O)cn2)c(F)c1. The third-order valence-corrected chi connectivity index (χ3v) is 4.31. The van der Waals surface area contributed by atoms with Crippen LogP contribution in [0.1, 0.15) is 57.9 Å². The van der Waals surface area contributed by atoms with Crippen molar-refractivity contribution in [1.82, 2.24) is 9.97 Å². The van der Waals surface area contributed by atoms with E-state index in [1.807, 2.05) is 12.1 Å². The molecule has 1 aromatic carbocycles. The number of ether oxygens (including phenoxy) is 1. The first-order valence-electron chi connectivity index (χ1n) is 9.69. The number of hydrogen-bond donors (Lipinski definition) is 1. The number of nitrogens with zero attached hydrogens (tertiary/aromatic N) is 2. The van der Waals surface area contributed by atoms with Gasteiger partial charge in [0.1, 0.15) is 5.82 Å². The molecule has 146 valence electrons. The molecule has 1 aromatic heterocycles. The average Bonchev–Trinajstić information content (AvgIpc) is 2.66. The van der Waals surface area contributed by atoms with Crippen LogP contribution in [0.4, 0.5) is 4.39 Å². The third-order valence-electron chi connectivity index (χ3n) is 4.31. The lowest BCUT2D eigenvalue weighted by Crippen LogP contribution is -2.08. The van der Waals surface area contributed by atoms with Crippen LogP contribution in [-0.4, -0.2) is 27.8 Å². The highest BCUT2D eigenvalue weighted by Gasteiger charge is 2.08. The van der Waals surface area contributed by atoms with Gasteiger partial charge in [0.25, 0.3) is 0 Å². The van der Waals surface area contributed by atoms with Crippen molar-refractivity contribution in [2.24, 2.45) is 0 Å². The Labute approximate surface area is 161 Å². The zero-order valence-corrected chi connectivity index (χ0v) is 16.2. The summed E-state index contributed by atoms with van der Waals surface area (Å²) in [6, 6.07) is 4.97. The fraction of sp³-hybridized carbons (Fsp3) is 0.455. The van der Waals surface area contributed by atoms with E-state index in [4.69, 9.17) is 4.74 Å². The molecule has 1 N–H and O–H groups in total. The molecule has 0 bridgehead atoms. The van der Waals surface area contributed by atoms with E-state index in [1.54, 1.807) is 6.07 Å². The summed E-state index contributed by atoms with van der Waals surface area (Å²) in [6.45, 7) is 5.16. The molecule has 1 unspecified atom stereocenters. The van der Waals surface area contributed by atoms with Crippen molar-refractivity contribution in [3.8, 4) is 17.1 Å². The Morgan fingerprint density at radius 1 is 1.19 bits per heavy atom. The van der Waals surface area contributed by atoms with Crippen molar-refractivity contribution in [3.05, 3.63) is 48.0 Å². The van der Waals surface area contributed by atoms with Crippen LogP contribution in [0.2, 0.25) is 0 Å². The number of halogens is 1. The Morgan fingerprint density at radius 2 is 1.96 bits per heavy atom. The zero-order valence-electron chi connectivity index (χ0n) is 16.2. The van der Waals surface area contributed by atoms with Crippen LogP contribution in [0.25, 0.3) is 17.5 Å². The van der Waals surface area contributed by atoms with Gasteiger partial charge in [-0.05, 0) is 50.3 Å². The molecule has 5 heteroatoms. The molecule has 0 aliphatic heterocycles. The fourth-order valence-corrected chi connectivity index (χ4v) is 2.74. The summed E-state index contributed by atoms with van der Waals surface area (Å²) in [4.78, 5) is 7.88. The van der Waals surface area contributed by atoms with E-state index in [9.17, 15) is 9.50 Å². The molecular weight excluding hydrogens is 343 g/mol. The lowest BCUT2D eigenvalue weighted by molar-refractivity contribution is 0.0566. The molecule has 27 heavy (non-hydrogen) atoms. The van der Waals surface area contributed by atoms with Gasteiger partial charge in [0.15, 0.2) is 11.6 Å². The van der Waals surface area contributed by atoms with Crippen molar-refractivity contribution in [1.29, 1.82) is 0 Å². The van der Waals surface area contributed by atoms with E-state index in [-0.39, 0.29) is 23.5 Å². The zero-order chi connectivity index (χ0) is 19.5. The number of unbranched alkanes of at least 4 members (excludes halogenated alkanes) is 3. The molecule has 0 saturated heterocycles. The molecule has 0 aliphatic carbocycles. The Kier molecular flexibility index (Phi) is 8.92. The topological polar surface area (TPSA) is 55.2 Å². The minimum absolute atomic E-state index is 0.0422.